The number of nitrogens with one attached hydrogen (secondary N) is 4. The largest absolute Gasteiger partial charge is 0.356 e. The Bertz CT molecular complexity index is 824. The number of imide groups is 1. The second-order valence-corrected chi connectivity index (χ2v) is 12.0. The van der Waals surface area contributed by atoms with Gasteiger partial charge in [-0.1, -0.05) is 40.5 Å². The summed E-state index contributed by atoms with van der Waals surface area (Å²) in [5.41, 5.74) is 0. The van der Waals surface area contributed by atoms with Gasteiger partial charge in [-0.2, -0.15) is 11.8 Å². The molecule has 2 fully saturated rings. The van der Waals surface area contributed by atoms with Crippen LogP contribution in [0.4, 0.5) is 4.79 Å². The molecule has 234 valence electrons. The summed E-state index contributed by atoms with van der Waals surface area (Å²) >= 11 is 1.92. The average Bonchev–Trinajstić information content (AvgIpc) is 3.64. The number of fused-ring (bicyclic) bond motifs is 1. The Hall–Kier alpha value is -2.40. The number of nitrogens with zero attached hydrogens (tertiary/aromatic N) is 1. The van der Waals surface area contributed by atoms with Gasteiger partial charge in [-0.15, -0.1) is 0 Å². The van der Waals surface area contributed by atoms with E-state index in [-0.39, 0.29) is 35.8 Å². The maximum atomic E-state index is 12.1. The van der Waals surface area contributed by atoms with Crippen molar-refractivity contribution in [1.29, 1.82) is 0 Å². The van der Waals surface area contributed by atoms with Crippen LogP contribution in [-0.4, -0.2) is 84.7 Å². The zero-order valence-corrected chi connectivity index (χ0v) is 26.4. The third-order valence-corrected chi connectivity index (χ3v) is 9.16. The molecule has 0 aromatic heterocycles. The summed E-state index contributed by atoms with van der Waals surface area (Å²) in [6, 6.07) is 0.462. The minimum Gasteiger partial charge on any atom is -0.356 e. The van der Waals surface area contributed by atoms with Crippen molar-refractivity contribution in [3.63, 3.8) is 0 Å². The third-order valence-electron chi connectivity index (χ3n) is 7.66. The van der Waals surface area contributed by atoms with Crippen LogP contribution in [0.1, 0.15) is 85.5 Å². The van der Waals surface area contributed by atoms with Gasteiger partial charge in [-0.25, -0.2) is 4.79 Å². The van der Waals surface area contributed by atoms with Gasteiger partial charge in [0, 0.05) is 42.7 Å². The maximum Gasteiger partial charge on any atom is 0.315 e. The van der Waals surface area contributed by atoms with Crippen molar-refractivity contribution in [2.24, 2.45) is 11.8 Å². The highest BCUT2D eigenvalue weighted by Gasteiger charge is 2.42. The Labute approximate surface area is 251 Å². The van der Waals surface area contributed by atoms with Gasteiger partial charge in [0.05, 0.1) is 12.1 Å². The minimum atomic E-state index is -0.197. The smallest absolute Gasteiger partial charge is 0.315 e. The number of urea groups is 1. The quantitative estimate of drug-likeness (QED) is 0.108. The average molecular weight is 596 g/mol. The normalized spacial score (nSPS) is 22.1. The molecule has 3 aliphatic heterocycles. The lowest BCUT2D eigenvalue weighted by molar-refractivity contribution is -0.137. The standard InChI is InChI=1S/C27H45N5O4S.C2H6.CH2O/c1-3-20(11-10-19(2)17-32-24(34)12-13-25(32)35)16-28-14-6-7-15-29-23(33)9-5-4-8-22-26-21(18-37-22)30-27(36)31-26;2*1-2/h12-13,19-22,26,28H,3-11,14-18H2,1-2H3,(H,29,33)(H2,30,31,36);1-2H3;1H2. The lowest BCUT2D eigenvalue weighted by Crippen LogP contribution is -2.36. The van der Waals surface area contributed by atoms with Gasteiger partial charge in [0.15, 0.2) is 0 Å². The number of amides is 5. The molecule has 0 spiro atoms. The molecule has 4 N–H and O–H groups in total. The van der Waals surface area contributed by atoms with Crippen molar-refractivity contribution in [1.82, 2.24) is 26.2 Å². The van der Waals surface area contributed by atoms with E-state index in [4.69, 9.17) is 4.79 Å². The summed E-state index contributed by atoms with van der Waals surface area (Å²) in [7, 11) is 0. The molecule has 2 saturated heterocycles. The summed E-state index contributed by atoms with van der Waals surface area (Å²) in [4.78, 5) is 56.3. The topological polar surface area (TPSA) is 137 Å². The van der Waals surface area contributed by atoms with Crippen molar-refractivity contribution >= 4 is 42.3 Å². The molecule has 5 atom stereocenters. The van der Waals surface area contributed by atoms with Crippen LogP contribution in [0.3, 0.4) is 0 Å². The molecular weight excluding hydrogens is 542 g/mol. The zero-order valence-electron chi connectivity index (χ0n) is 25.5. The van der Waals surface area contributed by atoms with Gasteiger partial charge >= 0.3 is 6.03 Å². The van der Waals surface area contributed by atoms with Crippen molar-refractivity contribution in [2.75, 3.05) is 31.9 Å². The molecule has 5 amide bonds. The number of unbranched alkanes of at least 4 members (excludes halogenated alkanes) is 2. The molecule has 5 unspecified atom stereocenters. The first kappa shape index (κ1) is 36.6. The Morgan fingerprint density at radius 1 is 1.05 bits per heavy atom. The fourth-order valence-electron chi connectivity index (χ4n) is 5.26. The second kappa shape index (κ2) is 21.3. The predicted octanol–water partition coefficient (Wildman–Crippen LogP) is 3.41. The molecule has 10 nitrogen and oxygen atoms in total. The molecular formula is C30H53N5O5S. The molecule has 3 heterocycles. The lowest BCUT2D eigenvalue weighted by Gasteiger charge is -2.22. The van der Waals surface area contributed by atoms with E-state index in [1.54, 1.807) is 0 Å². The van der Waals surface area contributed by atoms with Crippen LogP contribution in [0.5, 0.6) is 0 Å². The highest BCUT2D eigenvalue weighted by atomic mass is 32.2. The zero-order chi connectivity index (χ0) is 30.6. The van der Waals surface area contributed by atoms with E-state index >= 15 is 0 Å². The van der Waals surface area contributed by atoms with Gasteiger partial charge in [0.25, 0.3) is 11.8 Å². The van der Waals surface area contributed by atoms with Crippen LogP contribution in [0.15, 0.2) is 12.2 Å². The van der Waals surface area contributed by atoms with Gasteiger partial charge in [0.2, 0.25) is 5.91 Å². The molecule has 11 heteroatoms. The second-order valence-electron chi connectivity index (χ2n) is 10.7. The van der Waals surface area contributed by atoms with Gasteiger partial charge < -0.3 is 26.1 Å². The number of thioether (sulfide) groups is 1. The predicted molar refractivity (Wildman–Crippen MR) is 166 cm³/mol. The monoisotopic (exact) mass is 595 g/mol. The van der Waals surface area contributed by atoms with Gasteiger partial charge in [-0.05, 0) is 63.5 Å². The number of hydrogen-bond donors (Lipinski definition) is 4. The molecule has 0 aliphatic carbocycles. The number of carbonyl (C=O) groups is 5. The van der Waals surface area contributed by atoms with E-state index in [9.17, 15) is 19.2 Å². The first-order chi connectivity index (χ1) is 19.9. The van der Waals surface area contributed by atoms with Crippen LogP contribution >= 0.6 is 11.8 Å². The molecule has 0 aromatic rings. The highest BCUT2D eigenvalue weighted by molar-refractivity contribution is 8.00. The molecule has 0 saturated carbocycles. The Balaban J connectivity index is 0.00000201. The van der Waals surface area contributed by atoms with E-state index in [0.717, 1.165) is 76.8 Å². The third kappa shape index (κ3) is 13.4. The fraction of sp³-hybridized carbons (Fsp3) is 0.767. The summed E-state index contributed by atoms with van der Waals surface area (Å²) in [6.45, 7) is 13.4. The van der Waals surface area contributed by atoms with Crippen molar-refractivity contribution < 1.29 is 24.0 Å². The fourth-order valence-corrected chi connectivity index (χ4v) is 6.80. The Kier molecular flexibility index (Phi) is 19.0. The molecule has 0 bridgehead atoms. The van der Waals surface area contributed by atoms with Gasteiger partial charge in [-0.3, -0.25) is 19.3 Å². The molecule has 3 rings (SSSR count). The number of hydrogen-bond acceptors (Lipinski definition) is 7. The van der Waals surface area contributed by atoms with Crippen LogP contribution in [0, 0.1) is 11.8 Å². The van der Waals surface area contributed by atoms with Crippen LogP contribution < -0.4 is 21.3 Å². The molecule has 3 aliphatic rings. The van der Waals surface area contributed by atoms with Crippen molar-refractivity contribution in [3.05, 3.63) is 12.2 Å². The van der Waals surface area contributed by atoms with Gasteiger partial charge in [0.1, 0.15) is 6.79 Å². The number of rotatable bonds is 18. The lowest BCUT2D eigenvalue weighted by atomic mass is 9.94. The molecule has 0 aromatic carbocycles. The summed E-state index contributed by atoms with van der Waals surface area (Å²) in [5, 5.41) is 13.0. The summed E-state index contributed by atoms with van der Waals surface area (Å²) in [5.74, 6) is 1.60. The van der Waals surface area contributed by atoms with E-state index in [2.05, 4.69) is 35.1 Å². The van der Waals surface area contributed by atoms with E-state index in [0.29, 0.717) is 30.1 Å². The molecule has 0 radical (unpaired) electrons. The van der Waals surface area contributed by atoms with E-state index in [1.165, 1.54) is 17.1 Å². The van der Waals surface area contributed by atoms with Crippen LogP contribution in [0.25, 0.3) is 0 Å². The number of carbonyl (C=O) groups excluding carboxylic acids is 5. The summed E-state index contributed by atoms with van der Waals surface area (Å²) in [6.07, 6.45) is 11.4. The first-order valence-corrected chi connectivity index (χ1v) is 16.4. The highest BCUT2D eigenvalue weighted by Crippen LogP contribution is 2.33. The maximum absolute atomic E-state index is 12.1. The van der Waals surface area contributed by atoms with Crippen LogP contribution in [0.2, 0.25) is 0 Å². The Morgan fingerprint density at radius 2 is 1.73 bits per heavy atom. The van der Waals surface area contributed by atoms with Crippen molar-refractivity contribution in [3.8, 4) is 0 Å². The SMILES string of the molecule is C=O.CC.CCC(CCC(C)CN1C(=O)C=CC1=O)CNCCCCNC(=O)CCCCC1SCC2NC(=O)NC21. The minimum absolute atomic E-state index is 0.0459. The first-order valence-electron chi connectivity index (χ1n) is 15.4. The van der Waals surface area contributed by atoms with Crippen LogP contribution in [-0.2, 0) is 19.2 Å². The Morgan fingerprint density at radius 3 is 2.41 bits per heavy atom. The van der Waals surface area contributed by atoms with E-state index < -0.39 is 0 Å². The van der Waals surface area contributed by atoms with E-state index in [1.807, 2.05) is 32.4 Å². The van der Waals surface area contributed by atoms with Crippen molar-refractivity contribution in [2.45, 2.75) is 103 Å². The molecule has 41 heavy (non-hydrogen) atoms. The summed E-state index contributed by atoms with van der Waals surface area (Å²) < 4.78 is 0.